The highest BCUT2D eigenvalue weighted by Gasteiger charge is 2.19. The van der Waals surface area contributed by atoms with E-state index in [1.807, 2.05) is 0 Å². The van der Waals surface area contributed by atoms with Crippen molar-refractivity contribution in [2.24, 2.45) is 0 Å². The van der Waals surface area contributed by atoms with Crippen molar-refractivity contribution in [1.82, 2.24) is 5.32 Å². The van der Waals surface area contributed by atoms with Crippen LogP contribution in [0.3, 0.4) is 0 Å². The number of anilines is 1. The van der Waals surface area contributed by atoms with Gasteiger partial charge in [0, 0.05) is 13.0 Å². The summed E-state index contributed by atoms with van der Waals surface area (Å²) < 4.78 is 38.4. The lowest BCUT2D eigenvalue weighted by Gasteiger charge is -2.23. The van der Waals surface area contributed by atoms with Crippen LogP contribution in [0.4, 0.5) is 10.1 Å². The monoisotopic (exact) mass is 446 g/mol. The zero-order valence-electron chi connectivity index (χ0n) is 15.5. The lowest BCUT2D eigenvalue weighted by atomic mass is 10.1. The van der Waals surface area contributed by atoms with Crippen LogP contribution >= 0.6 is 23.2 Å². The molecule has 1 amide bonds. The van der Waals surface area contributed by atoms with E-state index in [1.54, 1.807) is 25.1 Å². The molecule has 9 heteroatoms. The Kier molecular flexibility index (Phi) is 7.69. The van der Waals surface area contributed by atoms with Gasteiger partial charge in [-0.25, -0.2) is 12.8 Å². The molecule has 5 nitrogen and oxygen atoms in total. The Morgan fingerprint density at radius 1 is 1.14 bits per heavy atom. The number of halogens is 3. The Bertz CT molecular complexity index is 937. The number of hydrogen-bond donors (Lipinski definition) is 1. The fraction of sp³-hybridized carbons (Fsp3) is 0.316. The van der Waals surface area contributed by atoms with Crippen LogP contribution in [0.15, 0.2) is 42.5 Å². The van der Waals surface area contributed by atoms with Crippen molar-refractivity contribution in [2.45, 2.75) is 25.8 Å². The topological polar surface area (TPSA) is 66.5 Å². The zero-order valence-corrected chi connectivity index (χ0v) is 17.8. The molecular weight excluding hydrogens is 426 g/mol. The van der Waals surface area contributed by atoms with Crippen molar-refractivity contribution in [3.8, 4) is 0 Å². The summed E-state index contributed by atoms with van der Waals surface area (Å²) in [4.78, 5) is 12.2. The predicted octanol–water partition coefficient (Wildman–Crippen LogP) is 4.56. The third kappa shape index (κ3) is 6.36. The van der Waals surface area contributed by atoms with E-state index < -0.39 is 10.0 Å². The van der Waals surface area contributed by atoms with Gasteiger partial charge in [-0.1, -0.05) is 35.3 Å². The Labute approximate surface area is 174 Å². The Balaban J connectivity index is 1.95. The van der Waals surface area contributed by atoms with Gasteiger partial charge in [-0.3, -0.25) is 9.10 Å². The highest BCUT2D eigenvalue weighted by atomic mass is 35.5. The van der Waals surface area contributed by atoms with E-state index in [0.29, 0.717) is 17.1 Å². The minimum Gasteiger partial charge on any atom is -0.350 e. The Morgan fingerprint density at radius 3 is 2.36 bits per heavy atom. The number of carbonyl (C=O) groups is 1. The van der Waals surface area contributed by atoms with E-state index in [0.717, 1.165) is 11.8 Å². The van der Waals surface area contributed by atoms with Crippen LogP contribution in [-0.2, 0) is 14.8 Å². The molecule has 1 N–H and O–H groups in total. The molecule has 0 aliphatic heterocycles. The molecule has 0 aliphatic carbocycles. The van der Waals surface area contributed by atoms with Gasteiger partial charge in [-0.05, 0) is 49.2 Å². The number of hydrogen-bond acceptors (Lipinski definition) is 3. The summed E-state index contributed by atoms with van der Waals surface area (Å²) in [5, 5.41) is 3.39. The van der Waals surface area contributed by atoms with Gasteiger partial charge in [0.25, 0.3) is 0 Å². The fourth-order valence-corrected chi connectivity index (χ4v) is 3.91. The number of rotatable bonds is 8. The molecule has 0 spiro atoms. The number of nitrogens with zero attached hydrogens (tertiary/aromatic N) is 1. The minimum absolute atomic E-state index is 0.120. The van der Waals surface area contributed by atoms with Crippen LogP contribution < -0.4 is 9.62 Å². The standard InChI is InChI=1S/C19H21Cl2FN2O3S/c1-13(14-5-7-15(22)8-6-14)23-19(25)4-3-11-24(28(2,26)27)16-9-10-17(20)18(21)12-16/h5-10,12-13H,3-4,11H2,1-2H3,(H,23,25)/t13-/m1/s1. The van der Waals surface area contributed by atoms with E-state index in [1.165, 1.54) is 28.6 Å². The van der Waals surface area contributed by atoms with E-state index in [9.17, 15) is 17.6 Å². The largest absolute Gasteiger partial charge is 0.350 e. The Hall–Kier alpha value is -1.83. The molecule has 152 valence electrons. The molecular formula is C19H21Cl2FN2O3S. The number of nitrogens with one attached hydrogen (secondary N) is 1. The van der Waals surface area contributed by atoms with Gasteiger partial charge in [-0.2, -0.15) is 0 Å². The van der Waals surface area contributed by atoms with Crippen LogP contribution in [-0.4, -0.2) is 27.1 Å². The molecule has 0 fully saturated rings. The Morgan fingerprint density at radius 2 is 1.79 bits per heavy atom. The normalized spacial score (nSPS) is 12.5. The van der Waals surface area contributed by atoms with E-state index in [-0.39, 0.29) is 35.8 Å². The molecule has 2 aromatic carbocycles. The van der Waals surface area contributed by atoms with Gasteiger partial charge in [0.2, 0.25) is 15.9 Å². The molecule has 1 atom stereocenters. The van der Waals surface area contributed by atoms with Crippen molar-refractivity contribution in [3.63, 3.8) is 0 Å². The molecule has 0 saturated heterocycles. The SMILES string of the molecule is C[C@@H](NC(=O)CCCN(c1ccc(Cl)c(Cl)c1)S(C)(=O)=O)c1ccc(F)cc1. The van der Waals surface area contributed by atoms with Gasteiger partial charge >= 0.3 is 0 Å². The first kappa shape index (κ1) is 22.5. The average molecular weight is 447 g/mol. The first-order chi connectivity index (χ1) is 13.1. The molecule has 0 bridgehead atoms. The lowest BCUT2D eigenvalue weighted by molar-refractivity contribution is -0.121. The van der Waals surface area contributed by atoms with Crippen molar-refractivity contribution < 1.29 is 17.6 Å². The molecule has 0 heterocycles. The lowest BCUT2D eigenvalue weighted by Crippen LogP contribution is -2.32. The van der Waals surface area contributed by atoms with Crippen LogP contribution in [0.1, 0.15) is 31.4 Å². The molecule has 0 aromatic heterocycles. The molecule has 0 radical (unpaired) electrons. The first-order valence-electron chi connectivity index (χ1n) is 8.55. The van der Waals surface area contributed by atoms with E-state index in [2.05, 4.69) is 5.32 Å². The molecule has 0 saturated carbocycles. The van der Waals surface area contributed by atoms with Crippen LogP contribution in [0.5, 0.6) is 0 Å². The van der Waals surface area contributed by atoms with Crippen molar-refractivity contribution in [3.05, 3.63) is 63.9 Å². The molecule has 0 aliphatic rings. The number of amides is 1. The molecule has 0 unspecified atom stereocenters. The van der Waals surface area contributed by atoms with Gasteiger partial charge in [0.1, 0.15) is 5.82 Å². The zero-order chi connectivity index (χ0) is 20.9. The molecule has 28 heavy (non-hydrogen) atoms. The summed E-state index contributed by atoms with van der Waals surface area (Å²) in [6, 6.07) is 10.2. The van der Waals surface area contributed by atoms with Crippen molar-refractivity contribution in [2.75, 3.05) is 17.1 Å². The summed E-state index contributed by atoms with van der Waals surface area (Å²) in [6.45, 7) is 1.92. The third-order valence-corrected chi connectivity index (χ3v) is 6.04. The van der Waals surface area contributed by atoms with E-state index >= 15 is 0 Å². The van der Waals surface area contributed by atoms with Gasteiger partial charge in [0.15, 0.2) is 0 Å². The average Bonchev–Trinajstić information content (AvgIpc) is 2.60. The number of sulfonamides is 1. The molecule has 2 aromatic rings. The quantitative estimate of drug-likeness (QED) is 0.646. The van der Waals surface area contributed by atoms with Crippen LogP contribution in [0, 0.1) is 5.82 Å². The van der Waals surface area contributed by atoms with Gasteiger partial charge in [0.05, 0.1) is 28.0 Å². The summed E-state index contributed by atoms with van der Waals surface area (Å²) >= 11 is 11.9. The smallest absolute Gasteiger partial charge is 0.232 e. The maximum atomic E-state index is 13.0. The summed E-state index contributed by atoms with van der Waals surface area (Å²) in [6.07, 6.45) is 1.54. The van der Waals surface area contributed by atoms with Crippen molar-refractivity contribution >= 4 is 44.8 Å². The highest BCUT2D eigenvalue weighted by molar-refractivity contribution is 7.92. The number of benzene rings is 2. The van der Waals surface area contributed by atoms with Crippen LogP contribution in [0.25, 0.3) is 0 Å². The second-order valence-electron chi connectivity index (χ2n) is 6.38. The summed E-state index contributed by atoms with van der Waals surface area (Å²) in [5.74, 6) is -0.565. The second-order valence-corrected chi connectivity index (χ2v) is 9.10. The van der Waals surface area contributed by atoms with Gasteiger partial charge < -0.3 is 5.32 Å². The maximum absolute atomic E-state index is 13.0. The van der Waals surface area contributed by atoms with Crippen LogP contribution in [0.2, 0.25) is 10.0 Å². The molecule has 2 rings (SSSR count). The fourth-order valence-electron chi connectivity index (χ4n) is 2.66. The second kappa shape index (κ2) is 9.58. The van der Waals surface area contributed by atoms with Crippen molar-refractivity contribution in [1.29, 1.82) is 0 Å². The van der Waals surface area contributed by atoms with Gasteiger partial charge in [-0.15, -0.1) is 0 Å². The van der Waals surface area contributed by atoms with E-state index in [4.69, 9.17) is 23.2 Å². The summed E-state index contributed by atoms with van der Waals surface area (Å²) in [5.41, 5.74) is 1.17. The predicted molar refractivity (Wildman–Crippen MR) is 111 cm³/mol. The minimum atomic E-state index is -3.55. The summed E-state index contributed by atoms with van der Waals surface area (Å²) in [7, 11) is -3.55. The third-order valence-electron chi connectivity index (χ3n) is 4.10. The first-order valence-corrected chi connectivity index (χ1v) is 11.2. The number of carbonyl (C=O) groups excluding carboxylic acids is 1. The highest BCUT2D eigenvalue weighted by Crippen LogP contribution is 2.28. The maximum Gasteiger partial charge on any atom is 0.232 e.